The number of benzene rings is 1. The third kappa shape index (κ3) is 4.21. The molecule has 0 atom stereocenters. The zero-order valence-corrected chi connectivity index (χ0v) is 15.6. The minimum atomic E-state index is -0.506. The van der Waals surface area contributed by atoms with E-state index >= 15 is 0 Å². The number of likely N-dealkylation sites (tertiary alicyclic amines) is 1. The van der Waals surface area contributed by atoms with Gasteiger partial charge in [-0.15, -0.1) is 0 Å². The number of nitrogens with one attached hydrogen (secondary N) is 1. The van der Waals surface area contributed by atoms with Gasteiger partial charge in [0.2, 0.25) is 5.76 Å². The van der Waals surface area contributed by atoms with Gasteiger partial charge in [0.05, 0.1) is 11.8 Å². The average molecular weight is 397 g/mol. The van der Waals surface area contributed by atoms with Crippen LogP contribution >= 0.6 is 0 Å². The first kappa shape index (κ1) is 18.9. The lowest BCUT2D eigenvalue weighted by atomic mass is 9.96. The first-order valence-corrected chi connectivity index (χ1v) is 9.44. The highest BCUT2D eigenvalue weighted by Gasteiger charge is 2.25. The van der Waals surface area contributed by atoms with Gasteiger partial charge in [-0.2, -0.15) is 0 Å². The van der Waals surface area contributed by atoms with Crippen LogP contribution in [0.2, 0.25) is 0 Å². The molecule has 0 saturated carbocycles. The van der Waals surface area contributed by atoms with Crippen LogP contribution in [-0.2, 0) is 0 Å². The van der Waals surface area contributed by atoms with Gasteiger partial charge in [-0.3, -0.25) is 9.59 Å². The summed E-state index contributed by atoms with van der Waals surface area (Å²) in [5.74, 6) is 0.00657. The summed E-state index contributed by atoms with van der Waals surface area (Å²) in [5.41, 5.74) is 0.279. The fourth-order valence-electron chi connectivity index (χ4n) is 3.39. The molecule has 2 amide bonds. The van der Waals surface area contributed by atoms with E-state index in [-0.39, 0.29) is 29.0 Å². The first-order chi connectivity index (χ1) is 14.1. The molecule has 1 aliphatic heterocycles. The Morgan fingerprint density at radius 3 is 2.66 bits per heavy atom. The number of nitrogens with zero attached hydrogens (tertiary/aromatic N) is 2. The van der Waals surface area contributed by atoms with Gasteiger partial charge >= 0.3 is 0 Å². The number of rotatable bonds is 5. The summed E-state index contributed by atoms with van der Waals surface area (Å²) in [6.45, 7) is 1.53. The number of hydrogen-bond donors (Lipinski definition) is 1. The molecule has 3 aromatic rings. The third-order valence-electron chi connectivity index (χ3n) is 5.06. The molecule has 29 heavy (non-hydrogen) atoms. The Kier molecular flexibility index (Phi) is 5.41. The Hall–Kier alpha value is -3.42. The number of hydrogen-bond acceptors (Lipinski definition) is 5. The molecule has 150 valence electrons. The van der Waals surface area contributed by atoms with E-state index in [1.165, 1.54) is 24.5 Å². The van der Waals surface area contributed by atoms with Crippen molar-refractivity contribution in [1.82, 2.24) is 15.4 Å². The lowest BCUT2D eigenvalue weighted by Crippen LogP contribution is -2.41. The minimum absolute atomic E-state index is 0.0950. The summed E-state index contributed by atoms with van der Waals surface area (Å²) in [6.07, 6.45) is 2.98. The Balaban J connectivity index is 1.26. The van der Waals surface area contributed by atoms with Crippen molar-refractivity contribution in [2.75, 3.05) is 19.6 Å². The lowest BCUT2D eigenvalue weighted by molar-refractivity contribution is 0.0679. The molecule has 0 spiro atoms. The quantitative estimate of drug-likeness (QED) is 0.713. The van der Waals surface area contributed by atoms with Crippen LogP contribution in [0.4, 0.5) is 4.39 Å². The summed E-state index contributed by atoms with van der Waals surface area (Å²) >= 11 is 0. The van der Waals surface area contributed by atoms with Crippen molar-refractivity contribution < 1.29 is 22.9 Å². The van der Waals surface area contributed by atoms with Crippen LogP contribution in [0, 0.1) is 11.7 Å². The molecular formula is C21H20FN3O4. The van der Waals surface area contributed by atoms with Gasteiger partial charge < -0.3 is 19.2 Å². The van der Waals surface area contributed by atoms with Crippen LogP contribution in [0.5, 0.6) is 0 Å². The van der Waals surface area contributed by atoms with Crippen molar-refractivity contribution in [1.29, 1.82) is 0 Å². The van der Waals surface area contributed by atoms with Gasteiger partial charge in [-0.1, -0.05) is 17.3 Å². The zero-order chi connectivity index (χ0) is 20.2. The maximum atomic E-state index is 13.8. The molecule has 1 fully saturated rings. The molecule has 0 unspecified atom stereocenters. The molecule has 2 aromatic heterocycles. The second kappa shape index (κ2) is 8.30. The molecule has 4 rings (SSSR count). The molecule has 0 aliphatic carbocycles. The van der Waals surface area contributed by atoms with Gasteiger partial charge in [0, 0.05) is 25.7 Å². The van der Waals surface area contributed by atoms with E-state index in [0.717, 1.165) is 12.8 Å². The number of carbonyl (C=O) groups excluding carboxylic acids is 2. The van der Waals surface area contributed by atoms with Crippen LogP contribution in [0.15, 0.2) is 57.7 Å². The second-order valence-corrected chi connectivity index (χ2v) is 6.98. The Morgan fingerprint density at radius 1 is 1.14 bits per heavy atom. The maximum Gasteiger partial charge on any atom is 0.273 e. The van der Waals surface area contributed by atoms with Crippen molar-refractivity contribution in [2.24, 2.45) is 5.92 Å². The molecule has 0 radical (unpaired) electrons. The highest BCUT2D eigenvalue weighted by Crippen LogP contribution is 2.22. The number of halogens is 1. The largest absolute Gasteiger partial charge is 0.461 e. The number of carbonyl (C=O) groups is 2. The SMILES string of the molecule is O=C(NCC1CCN(C(=O)c2ccccc2F)CC1)c1cc(-c2ccco2)on1. The molecule has 1 aliphatic rings. The Bertz CT molecular complexity index is 991. The van der Waals surface area contributed by atoms with Crippen molar-refractivity contribution in [3.05, 3.63) is 65.8 Å². The highest BCUT2D eigenvalue weighted by atomic mass is 19.1. The van der Waals surface area contributed by atoms with Crippen LogP contribution < -0.4 is 5.32 Å². The topological polar surface area (TPSA) is 88.6 Å². The number of amides is 2. The van der Waals surface area contributed by atoms with E-state index < -0.39 is 5.82 Å². The van der Waals surface area contributed by atoms with E-state index in [0.29, 0.717) is 31.2 Å². The molecule has 0 bridgehead atoms. The first-order valence-electron chi connectivity index (χ1n) is 9.44. The lowest BCUT2D eigenvalue weighted by Gasteiger charge is -2.32. The zero-order valence-electron chi connectivity index (χ0n) is 15.6. The number of aromatic nitrogens is 1. The Labute approximate surface area is 166 Å². The van der Waals surface area contributed by atoms with Crippen LogP contribution in [0.1, 0.15) is 33.7 Å². The molecule has 3 heterocycles. The predicted octanol–water partition coefficient (Wildman–Crippen LogP) is 3.36. The van der Waals surface area contributed by atoms with Crippen molar-refractivity contribution >= 4 is 11.8 Å². The van der Waals surface area contributed by atoms with Crippen LogP contribution in [-0.4, -0.2) is 41.5 Å². The van der Waals surface area contributed by atoms with Gasteiger partial charge in [0.1, 0.15) is 5.82 Å². The standard InChI is InChI=1S/C21H20FN3O4/c22-16-5-2-1-4-15(16)21(27)25-9-7-14(8-10-25)13-23-20(26)17-12-19(29-24-17)18-6-3-11-28-18/h1-6,11-12,14H,7-10,13H2,(H,23,26). The number of furan rings is 1. The normalized spacial score (nSPS) is 14.7. The van der Waals surface area contributed by atoms with E-state index in [9.17, 15) is 14.0 Å². The Morgan fingerprint density at radius 2 is 1.93 bits per heavy atom. The third-order valence-corrected chi connectivity index (χ3v) is 5.06. The fourth-order valence-corrected chi connectivity index (χ4v) is 3.39. The van der Waals surface area contributed by atoms with Crippen LogP contribution in [0.3, 0.4) is 0 Å². The number of piperidine rings is 1. The molecule has 1 saturated heterocycles. The molecule has 1 N–H and O–H groups in total. The fraction of sp³-hybridized carbons (Fsp3) is 0.286. The van der Waals surface area contributed by atoms with E-state index in [1.807, 2.05) is 0 Å². The highest BCUT2D eigenvalue weighted by molar-refractivity contribution is 5.94. The van der Waals surface area contributed by atoms with Gasteiger partial charge in [-0.05, 0) is 43.0 Å². The van der Waals surface area contributed by atoms with Gasteiger partial charge in [-0.25, -0.2) is 4.39 Å². The summed E-state index contributed by atoms with van der Waals surface area (Å²) in [4.78, 5) is 26.4. The van der Waals surface area contributed by atoms with Crippen molar-refractivity contribution in [2.45, 2.75) is 12.8 Å². The van der Waals surface area contributed by atoms with Gasteiger partial charge in [0.15, 0.2) is 11.5 Å². The van der Waals surface area contributed by atoms with Crippen molar-refractivity contribution in [3.8, 4) is 11.5 Å². The maximum absolute atomic E-state index is 13.8. The second-order valence-electron chi connectivity index (χ2n) is 6.98. The molecule has 1 aromatic carbocycles. The van der Waals surface area contributed by atoms with Crippen LogP contribution in [0.25, 0.3) is 11.5 Å². The molecular weight excluding hydrogens is 377 g/mol. The average Bonchev–Trinajstić information content (AvgIpc) is 3.44. The minimum Gasteiger partial charge on any atom is -0.461 e. The van der Waals surface area contributed by atoms with Gasteiger partial charge in [0.25, 0.3) is 11.8 Å². The summed E-state index contributed by atoms with van der Waals surface area (Å²) in [6, 6.07) is 11.0. The molecule has 8 heteroatoms. The monoisotopic (exact) mass is 397 g/mol. The van der Waals surface area contributed by atoms with E-state index in [2.05, 4.69) is 10.5 Å². The predicted molar refractivity (Wildman–Crippen MR) is 102 cm³/mol. The molecule has 7 nitrogen and oxygen atoms in total. The summed E-state index contributed by atoms with van der Waals surface area (Å²) in [5, 5.41) is 6.63. The smallest absolute Gasteiger partial charge is 0.273 e. The summed E-state index contributed by atoms with van der Waals surface area (Å²) < 4.78 is 24.2. The summed E-state index contributed by atoms with van der Waals surface area (Å²) in [7, 11) is 0. The van der Waals surface area contributed by atoms with Crippen molar-refractivity contribution in [3.63, 3.8) is 0 Å². The van der Waals surface area contributed by atoms with E-state index in [1.54, 1.807) is 29.2 Å². The van der Waals surface area contributed by atoms with E-state index in [4.69, 9.17) is 8.94 Å².